The monoisotopic (exact) mass is 229 g/mol. The number of hydrogen-bond donors (Lipinski definition) is 0. The van der Waals surface area contributed by atoms with Crippen LogP contribution in [0.5, 0.6) is 0 Å². The first kappa shape index (κ1) is 13.3. The van der Waals surface area contributed by atoms with Gasteiger partial charge in [0.1, 0.15) is 11.7 Å². The predicted octanol–water partition coefficient (Wildman–Crippen LogP) is 2.42. The van der Waals surface area contributed by atoms with Gasteiger partial charge in [-0.15, -0.1) is 0 Å². The standard InChI is InChI=1S/C12H23NO3/c1-5-12(2,3)16-11(14)15-10-6-8-13(4)9-7-10/h10H,5-9H2,1-4H3. The Hall–Kier alpha value is -0.770. The molecule has 4 nitrogen and oxygen atoms in total. The molecule has 0 atom stereocenters. The van der Waals surface area contributed by atoms with E-state index in [0.29, 0.717) is 0 Å². The van der Waals surface area contributed by atoms with Crippen molar-refractivity contribution in [3.8, 4) is 0 Å². The average molecular weight is 229 g/mol. The minimum Gasteiger partial charge on any atom is -0.431 e. The number of carbonyl (C=O) groups is 1. The zero-order valence-corrected chi connectivity index (χ0v) is 10.8. The first-order chi connectivity index (χ1) is 7.43. The van der Waals surface area contributed by atoms with Gasteiger partial charge in [-0.1, -0.05) is 6.92 Å². The van der Waals surface area contributed by atoms with E-state index in [9.17, 15) is 4.79 Å². The second kappa shape index (κ2) is 5.53. The number of piperidine rings is 1. The molecule has 1 aliphatic rings. The maximum atomic E-state index is 11.5. The maximum Gasteiger partial charge on any atom is 0.509 e. The summed E-state index contributed by atoms with van der Waals surface area (Å²) in [5, 5.41) is 0. The SMILES string of the molecule is CCC(C)(C)OC(=O)OC1CCN(C)CC1. The predicted molar refractivity (Wildman–Crippen MR) is 62.5 cm³/mol. The molecule has 0 aromatic carbocycles. The topological polar surface area (TPSA) is 38.8 Å². The maximum absolute atomic E-state index is 11.5. The number of nitrogens with zero attached hydrogens (tertiary/aromatic N) is 1. The van der Waals surface area contributed by atoms with Crippen LogP contribution in [0.2, 0.25) is 0 Å². The van der Waals surface area contributed by atoms with Crippen molar-refractivity contribution in [1.29, 1.82) is 0 Å². The van der Waals surface area contributed by atoms with Crippen molar-refractivity contribution >= 4 is 6.16 Å². The van der Waals surface area contributed by atoms with Crippen LogP contribution >= 0.6 is 0 Å². The van der Waals surface area contributed by atoms with Crippen molar-refractivity contribution in [2.75, 3.05) is 20.1 Å². The van der Waals surface area contributed by atoms with Crippen LogP contribution < -0.4 is 0 Å². The van der Waals surface area contributed by atoms with Gasteiger partial charge in [-0.2, -0.15) is 0 Å². The van der Waals surface area contributed by atoms with Crippen molar-refractivity contribution in [3.05, 3.63) is 0 Å². The Bertz CT molecular complexity index is 232. The molecule has 0 saturated carbocycles. The average Bonchev–Trinajstić information content (AvgIpc) is 2.21. The largest absolute Gasteiger partial charge is 0.509 e. The molecular weight excluding hydrogens is 206 g/mol. The third-order valence-corrected chi connectivity index (χ3v) is 3.14. The van der Waals surface area contributed by atoms with Gasteiger partial charge in [0.2, 0.25) is 0 Å². The molecule has 1 saturated heterocycles. The summed E-state index contributed by atoms with van der Waals surface area (Å²) in [6.45, 7) is 7.74. The lowest BCUT2D eigenvalue weighted by molar-refractivity contribution is -0.0454. The minimum absolute atomic E-state index is 0.0244. The molecule has 94 valence electrons. The lowest BCUT2D eigenvalue weighted by Gasteiger charge is -2.30. The van der Waals surface area contributed by atoms with E-state index in [0.717, 1.165) is 32.4 Å². The minimum atomic E-state index is -0.526. The summed E-state index contributed by atoms with van der Waals surface area (Å²) >= 11 is 0. The molecule has 0 radical (unpaired) electrons. The quantitative estimate of drug-likeness (QED) is 0.697. The van der Waals surface area contributed by atoms with Crippen LogP contribution in [-0.2, 0) is 9.47 Å². The van der Waals surface area contributed by atoms with Gasteiger partial charge >= 0.3 is 6.16 Å². The Morgan fingerprint density at radius 3 is 2.44 bits per heavy atom. The van der Waals surface area contributed by atoms with Gasteiger partial charge in [-0.3, -0.25) is 0 Å². The number of rotatable bonds is 3. The van der Waals surface area contributed by atoms with Crippen LogP contribution in [0.1, 0.15) is 40.0 Å². The van der Waals surface area contributed by atoms with E-state index in [1.165, 1.54) is 0 Å². The Morgan fingerprint density at radius 1 is 1.38 bits per heavy atom. The summed E-state index contributed by atoms with van der Waals surface area (Å²) in [5.41, 5.74) is -0.428. The van der Waals surface area contributed by atoms with Gasteiger partial charge in [0, 0.05) is 13.1 Å². The highest BCUT2D eigenvalue weighted by Crippen LogP contribution is 2.17. The second-order valence-electron chi connectivity index (χ2n) is 5.09. The van der Waals surface area contributed by atoms with E-state index >= 15 is 0 Å². The molecular formula is C12H23NO3. The third kappa shape index (κ3) is 4.39. The summed E-state index contributed by atoms with van der Waals surface area (Å²) in [5.74, 6) is 0. The molecule has 0 aromatic rings. The van der Waals surface area contributed by atoms with Crippen molar-refractivity contribution in [2.45, 2.75) is 51.7 Å². The van der Waals surface area contributed by atoms with Crippen molar-refractivity contribution in [1.82, 2.24) is 4.90 Å². The number of carbonyl (C=O) groups excluding carboxylic acids is 1. The molecule has 0 aromatic heterocycles. The molecule has 1 rings (SSSR count). The Kier molecular flexibility index (Phi) is 4.59. The number of hydrogen-bond acceptors (Lipinski definition) is 4. The first-order valence-corrected chi connectivity index (χ1v) is 6.01. The van der Waals surface area contributed by atoms with Gasteiger partial charge in [0.15, 0.2) is 0 Å². The molecule has 0 bridgehead atoms. The molecule has 4 heteroatoms. The zero-order valence-electron chi connectivity index (χ0n) is 10.8. The Labute approximate surface area is 97.9 Å². The molecule has 0 unspecified atom stereocenters. The Morgan fingerprint density at radius 2 is 1.94 bits per heavy atom. The van der Waals surface area contributed by atoms with Crippen LogP contribution in [0.25, 0.3) is 0 Å². The van der Waals surface area contributed by atoms with Crippen LogP contribution in [-0.4, -0.2) is 42.9 Å². The highest BCUT2D eigenvalue weighted by atomic mass is 16.7. The fourth-order valence-corrected chi connectivity index (χ4v) is 1.56. The van der Waals surface area contributed by atoms with Gasteiger partial charge in [-0.05, 0) is 40.2 Å². The summed E-state index contributed by atoms with van der Waals surface area (Å²) in [6.07, 6.45) is 2.09. The highest BCUT2D eigenvalue weighted by molar-refractivity contribution is 5.60. The fraction of sp³-hybridized carbons (Fsp3) is 0.917. The summed E-state index contributed by atoms with van der Waals surface area (Å²) in [4.78, 5) is 13.7. The summed E-state index contributed by atoms with van der Waals surface area (Å²) in [7, 11) is 2.08. The van der Waals surface area contributed by atoms with Gasteiger partial charge in [0.05, 0.1) is 0 Å². The lowest BCUT2D eigenvalue weighted by Crippen LogP contribution is -2.37. The molecule has 0 aliphatic carbocycles. The van der Waals surface area contributed by atoms with E-state index < -0.39 is 11.8 Å². The van der Waals surface area contributed by atoms with E-state index in [4.69, 9.17) is 9.47 Å². The Balaban J connectivity index is 2.29. The molecule has 0 spiro atoms. The summed E-state index contributed by atoms with van der Waals surface area (Å²) < 4.78 is 10.5. The molecule has 1 fully saturated rings. The fourth-order valence-electron chi connectivity index (χ4n) is 1.56. The van der Waals surface area contributed by atoms with Crippen LogP contribution in [0.3, 0.4) is 0 Å². The first-order valence-electron chi connectivity index (χ1n) is 6.01. The van der Waals surface area contributed by atoms with Crippen molar-refractivity contribution in [2.24, 2.45) is 0 Å². The second-order valence-corrected chi connectivity index (χ2v) is 5.09. The number of ether oxygens (including phenoxy) is 2. The number of likely N-dealkylation sites (tertiary alicyclic amines) is 1. The van der Waals surface area contributed by atoms with Crippen LogP contribution in [0.15, 0.2) is 0 Å². The molecule has 0 amide bonds. The molecule has 0 N–H and O–H groups in total. The van der Waals surface area contributed by atoms with Gasteiger partial charge < -0.3 is 14.4 Å². The normalized spacial score (nSPS) is 19.5. The molecule has 1 aliphatic heterocycles. The van der Waals surface area contributed by atoms with Gasteiger partial charge in [-0.25, -0.2) is 4.79 Å². The summed E-state index contributed by atoms with van der Waals surface area (Å²) in [6, 6.07) is 0. The highest BCUT2D eigenvalue weighted by Gasteiger charge is 2.25. The van der Waals surface area contributed by atoms with E-state index in [1.54, 1.807) is 0 Å². The van der Waals surface area contributed by atoms with Gasteiger partial charge in [0.25, 0.3) is 0 Å². The zero-order chi connectivity index (χ0) is 12.2. The van der Waals surface area contributed by atoms with Crippen molar-refractivity contribution in [3.63, 3.8) is 0 Å². The van der Waals surface area contributed by atoms with Crippen LogP contribution in [0.4, 0.5) is 4.79 Å². The van der Waals surface area contributed by atoms with E-state index in [1.807, 2.05) is 20.8 Å². The van der Waals surface area contributed by atoms with Crippen molar-refractivity contribution < 1.29 is 14.3 Å². The molecule has 1 heterocycles. The smallest absolute Gasteiger partial charge is 0.431 e. The third-order valence-electron chi connectivity index (χ3n) is 3.14. The van der Waals surface area contributed by atoms with Crippen LogP contribution in [0, 0.1) is 0 Å². The lowest BCUT2D eigenvalue weighted by atomic mass is 10.1. The molecule has 16 heavy (non-hydrogen) atoms. The van der Waals surface area contributed by atoms with E-state index in [2.05, 4.69) is 11.9 Å². The van der Waals surface area contributed by atoms with E-state index in [-0.39, 0.29) is 6.10 Å².